The average Bonchev–Trinajstić information content (AvgIpc) is 3.07. The summed E-state index contributed by atoms with van der Waals surface area (Å²) in [5, 5.41) is 14.3. The largest absolute Gasteiger partial charge is 0.360 e. The van der Waals surface area contributed by atoms with Gasteiger partial charge in [0, 0.05) is 24.5 Å². The van der Waals surface area contributed by atoms with Gasteiger partial charge in [-0.25, -0.2) is 4.98 Å². The first-order valence-corrected chi connectivity index (χ1v) is 7.86. The Balaban J connectivity index is 1.96. The molecule has 0 aliphatic heterocycles. The summed E-state index contributed by atoms with van der Waals surface area (Å²) in [5.41, 5.74) is 2.07. The molecule has 3 aromatic heterocycles. The predicted molar refractivity (Wildman–Crippen MR) is 83.1 cm³/mol. The lowest BCUT2D eigenvalue weighted by Crippen LogP contribution is -1.94. The molecular weight excluding hydrogens is 290 g/mol. The van der Waals surface area contributed by atoms with Gasteiger partial charge < -0.3 is 5.32 Å². The average molecular weight is 303 g/mol. The molecule has 3 rings (SSSR count). The monoisotopic (exact) mass is 303 g/mol. The number of pyridine rings is 1. The molecular formula is C13H13N5S2. The highest BCUT2D eigenvalue weighted by Gasteiger charge is 2.15. The van der Waals surface area contributed by atoms with Crippen molar-refractivity contribution in [3.05, 3.63) is 30.2 Å². The molecule has 0 saturated heterocycles. The lowest BCUT2D eigenvalue weighted by molar-refractivity contribution is 1.07. The number of rotatable bonds is 4. The van der Waals surface area contributed by atoms with Gasteiger partial charge in [0.05, 0.1) is 10.6 Å². The lowest BCUT2D eigenvalue weighted by atomic mass is 10.3. The van der Waals surface area contributed by atoms with Gasteiger partial charge in [0.2, 0.25) is 5.13 Å². The van der Waals surface area contributed by atoms with E-state index in [9.17, 15) is 0 Å². The van der Waals surface area contributed by atoms with Crippen LogP contribution in [-0.2, 0) is 0 Å². The minimum absolute atomic E-state index is 0.846. The third kappa shape index (κ3) is 2.54. The standard InChI is InChI=1S/C13H13N5S2/c1-3-15-13-18-17-12(20-13)10-8(2)16-11(19-10)9-4-6-14-7-5-9/h4-7H,3H2,1-2H3,(H,15,18). The molecule has 0 radical (unpaired) electrons. The molecule has 3 heterocycles. The van der Waals surface area contributed by atoms with E-state index in [0.717, 1.165) is 37.8 Å². The number of hydrogen-bond acceptors (Lipinski definition) is 7. The lowest BCUT2D eigenvalue weighted by Gasteiger charge is -1.92. The molecule has 0 amide bonds. The zero-order valence-corrected chi connectivity index (χ0v) is 12.8. The fourth-order valence-corrected chi connectivity index (χ4v) is 3.76. The van der Waals surface area contributed by atoms with Gasteiger partial charge in [-0.1, -0.05) is 11.3 Å². The predicted octanol–water partition coefficient (Wildman–Crippen LogP) is 3.46. The van der Waals surface area contributed by atoms with Gasteiger partial charge in [0.15, 0.2) is 5.01 Å². The topological polar surface area (TPSA) is 63.6 Å². The van der Waals surface area contributed by atoms with Crippen molar-refractivity contribution in [2.75, 3.05) is 11.9 Å². The summed E-state index contributed by atoms with van der Waals surface area (Å²) in [6.07, 6.45) is 3.56. The summed E-state index contributed by atoms with van der Waals surface area (Å²) < 4.78 is 0. The van der Waals surface area contributed by atoms with Crippen molar-refractivity contribution in [3.8, 4) is 20.5 Å². The van der Waals surface area contributed by atoms with Crippen molar-refractivity contribution in [2.24, 2.45) is 0 Å². The molecule has 0 atom stereocenters. The van der Waals surface area contributed by atoms with E-state index >= 15 is 0 Å². The third-order valence-corrected chi connectivity index (χ3v) is 4.91. The Bertz CT molecular complexity index is 705. The number of thiazole rings is 1. The summed E-state index contributed by atoms with van der Waals surface area (Å²) in [6.45, 7) is 4.89. The van der Waals surface area contributed by atoms with Crippen LogP contribution in [0.3, 0.4) is 0 Å². The van der Waals surface area contributed by atoms with E-state index in [0.29, 0.717) is 0 Å². The molecule has 0 spiro atoms. The Morgan fingerprint density at radius 1 is 1.10 bits per heavy atom. The fourth-order valence-electron chi connectivity index (χ4n) is 1.75. The van der Waals surface area contributed by atoms with Gasteiger partial charge in [0.1, 0.15) is 5.01 Å². The Kier molecular flexibility index (Phi) is 3.70. The minimum Gasteiger partial charge on any atom is -0.360 e. The van der Waals surface area contributed by atoms with Crippen LogP contribution in [0.25, 0.3) is 20.5 Å². The number of nitrogens with one attached hydrogen (secondary N) is 1. The molecule has 5 nitrogen and oxygen atoms in total. The number of aryl methyl sites for hydroxylation is 1. The van der Waals surface area contributed by atoms with Crippen LogP contribution in [0, 0.1) is 6.92 Å². The second-order valence-electron chi connectivity index (χ2n) is 4.11. The van der Waals surface area contributed by atoms with Gasteiger partial charge >= 0.3 is 0 Å². The number of nitrogens with zero attached hydrogens (tertiary/aromatic N) is 4. The van der Waals surface area contributed by atoms with E-state index in [1.165, 1.54) is 0 Å². The molecule has 102 valence electrons. The van der Waals surface area contributed by atoms with E-state index in [-0.39, 0.29) is 0 Å². The second-order valence-corrected chi connectivity index (χ2v) is 6.09. The molecule has 3 aromatic rings. The molecule has 0 aromatic carbocycles. The zero-order valence-electron chi connectivity index (χ0n) is 11.1. The van der Waals surface area contributed by atoms with Crippen molar-refractivity contribution in [1.29, 1.82) is 0 Å². The maximum atomic E-state index is 4.62. The minimum atomic E-state index is 0.846. The van der Waals surface area contributed by atoms with Gasteiger partial charge in [-0.05, 0) is 26.0 Å². The molecule has 7 heteroatoms. The number of aromatic nitrogens is 4. The van der Waals surface area contributed by atoms with E-state index < -0.39 is 0 Å². The van der Waals surface area contributed by atoms with E-state index in [2.05, 4.69) is 25.5 Å². The van der Waals surface area contributed by atoms with Crippen molar-refractivity contribution in [1.82, 2.24) is 20.2 Å². The normalized spacial score (nSPS) is 10.7. The second kappa shape index (κ2) is 5.64. The van der Waals surface area contributed by atoms with Crippen LogP contribution < -0.4 is 5.32 Å². The molecule has 0 fully saturated rings. The SMILES string of the molecule is CCNc1nnc(-c2sc(-c3ccncc3)nc2C)s1. The molecule has 0 aliphatic rings. The summed E-state index contributed by atoms with van der Waals surface area (Å²) in [4.78, 5) is 9.73. The molecule has 0 saturated carbocycles. The third-order valence-electron chi connectivity index (χ3n) is 2.67. The Morgan fingerprint density at radius 2 is 1.90 bits per heavy atom. The Morgan fingerprint density at radius 3 is 2.65 bits per heavy atom. The first kappa shape index (κ1) is 13.1. The van der Waals surface area contributed by atoms with Crippen LogP contribution in [0.1, 0.15) is 12.6 Å². The fraction of sp³-hybridized carbons (Fsp3) is 0.231. The van der Waals surface area contributed by atoms with Gasteiger partial charge in [0.25, 0.3) is 0 Å². The van der Waals surface area contributed by atoms with Crippen LogP contribution >= 0.6 is 22.7 Å². The van der Waals surface area contributed by atoms with Gasteiger partial charge in [-0.3, -0.25) is 4.98 Å². The summed E-state index contributed by atoms with van der Waals surface area (Å²) in [5.74, 6) is 0. The van der Waals surface area contributed by atoms with Crippen molar-refractivity contribution >= 4 is 27.8 Å². The van der Waals surface area contributed by atoms with Crippen molar-refractivity contribution in [2.45, 2.75) is 13.8 Å². The van der Waals surface area contributed by atoms with E-state index in [1.54, 1.807) is 35.1 Å². The maximum Gasteiger partial charge on any atom is 0.206 e. The van der Waals surface area contributed by atoms with Gasteiger partial charge in [-0.15, -0.1) is 21.5 Å². The van der Waals surface area contributed by atoms with Crippen molar-refractivity contribution < 1.29 is 0 Å². The van der Waals surface area contributed by atoms with Crippen LogP contribution in [0.2, 0.25) is 0 Å². The maximum absolute atomic E-state index is 4.62. The summed E-state index contributed by atoms with van der Waals surface area (Å²) in [7, 11) is 0. The highest BCUT2D eigenvalue weighted by molar-refractivity contribution is 7.24. The van der Waals surface area contributed by atoms with Crippen LogP contribution in [-0.4, -0.2) is 26.7 Å². The summed E-state index contributed by atoms with van der Waals surface area (Å²) >= 11 is 3.20. The highest BCUT2D eigenvalue weighted by Crippen LogP contribution is 2.37. The van der Waals surface area contributed by atoms with Crippen LogP contribution in [0.15, 0.2) is 24.5 Å². The zero-order chi connectivity index (χ0) is 13.9. The van der Waals surface area contributed by atoms with Crippen LogP contribution in [0.4, 0.5) is 5.13 Å². The molecule has 1 N–H and O–H groups in total. The molecule has 0 aliphatic carbocycles. The first-order valence-electron chi connectivity index (χ1n) is 6.23. The molecule has 0 unspecified atom stereocenters. The Labute approximate surface area is 124 Å². The van der Waals surface area contributed by atoms with Gasteiger partial charge in [-0.2, -0.15) is 0 Å². The Hall–Kier alpha value is -1.86. The van der Waals surface area contributed by atoms with Crippen molar-refractivity contribution in [3.63, 3.8) is 0 Å². The van der Waals surface area contributed by atoms with Crippen LogP contribution in [0.5, 0.6) is 0 Å². The number of anilines is 1. The smallest absolute Gasteiger partial charge is 0.206 e. The molecule has 20 heavy (non-hydrogen) atoms. The first-order chi connectivity index (χ1) is 9.78. The molecule has 0 bridgehead atoms. The van der Waals surface area contributed by atoms with E-state index in [4.69, 9.17) is 0 Å². The number of hydrogen-bond donors (Lipinski definition) is 1. The van der Waals surface area contributed by atoms with E-state index in [1.807, 2.05) is 26.0 Å². The highest BCUT2D eigenvalue weighted by atomic mass is 32.1. The summed E-state index contributed by atoms with van der Waals surface area (Å²) in [6, 6.07) is 3.93. The quantitative estimate of drug-likeness (QED) is 0.799.